The van der Waals surface area contributed by atoms with Gasteiger partial charge in [0.25, 0.3) is 0 Å². The number of alkyl halides is 2. The molecule has 0 spiro atoms. The molecular formula is C94H194Cl3N12NaO20Si4. The summed E-state index contributed by atoms with van der Waals surface area (Å²) < 4.78 is 51.1. The molecule has 4 aliphatic heterocycles. The minimum atomic E-state index is -1.97. The molecule has 0 aliphatic carbocycles. The summed E-state index contributed by atoms with van der Waals surface area (Å²) in [5.41, 5.74) is 8.91. The van der Waals surface area contributed by atoms with E-state index in [4.69, 9.17) is 87.7 Å². The van der Waals surface area contributed by atoms with Gasteiger partial charge in [-0.3, -0.25) is 28.9 Å². The fraction of sp³-hybridized carbons (Fsp3) is 0.894. The van der Waals surface area contributed by atoms with Crippen molar-refractivity contribution in [2.75, 3.05) is 104 Å². The number of nitrogens with one attached hydrogen (secondary N) is 5. The van der Waals surface area contributed by atoms with Crippen molar-refractivity contribution in [1.29, 1.82) is 0 Å². The molecule has 0 saturated carbocycles. The number of ether oxygens (including phenoxy) is 5. The summed E-state index contributed by atoms with van der Waals surface area (Å²) in [7, 11) is -7.46. The molecule has 134 heavy (non-hydrogen) atoms. The van der Waals surface area contributed by atoms with Crippen molar-refractivity contribution in [2.45, 2.75) is 440 Å². The second-order valence-electron chi connectivity index (χ2n) is 45.8. The van der Waals surface area contributed by atoms with Crippen LogP contribution in [-0.2, 0) is 65.4 Å². The van der Waals surface area contributed by atoms with E-state index in [1.165, 1.54) is 0 Å². The number of halogens is 3. The van der Waals surface area contributed by atoms with Gasteiger partial charge in [-0.05, 0) is 259 Å². The number of carbonyl (C=O) groups is 10. The van der Waals surface area contributed by atoms with E-state index in [0.717, 1.165) is 110 Å². The summed E-state index contributed by atoms with van der Waals surface area (Å²) in [5.74, 6) is 1.64. The number of aliphatic hydroxyl groups is 1. The number of nitrogens with two attached hydrogens (primary N) is 2. The van der Waals surface area contributed by atoms with Crippen LogP contribution in [0.2, 0.25) is 72.5 Å². The number of hydrogen-bond acceptors (Lipinski definition) is 23. The molecule has 0 aromatic carbocycles. The molecule has 4 aliphatic rings. The van der Waals surface area contributed by atoms with Crippen LogP contribution in [0.15, 0.2) is 0 Å². The number of nitrogens with zero attached hydrogens (tertiary/aromatic N) is 4. The van der Waals surface area contributed by atoms with Crippen molar-refractivity contribution < 1.29 is 125 Å². The molecule has 0 radical (unpaired) electrons. The van der Waals surface area contributed by atoms with Crippen molar-refractivity contribution >= 4 is 127 Å². The van der Waals surface area contributed by atoms with Crippen LogP contribution in [0.25, 0.3) is 0 Å². The standard InChI is InChI=1S/C19H39ClN2O4Si.C19H38N2O4Si.C14H32N2O3Si.C14H29NO3Si.C13H24N2O4.C10H20N2O.C5H8Cl2O.H3N.Na.H/c1-18(2,3)26-17(24)22-15(13-21-16(23)11-9-10-12-20)14-25-27(7,8)19(4,5)6;1-18(2,3)25-17(23)20-15(13-21-12-10-9-11-16(21)22)14-24-26(7,8)19(4,5)6;1-13(2,3)19-12(17)16-11(9-15)10-18-20(7,8)14(4,5)6;1-13(2,3)18-12(16)15-9-11(15)10-17-19(7,8)14(4,5)6;1-13(2,3)19-12(18)14-10(9-16)8-15-7-5-4-6-11(15)17;1-2-5-9(11)8-12-7-4-3-6-10(12)13;6-4-2-1-3-5(7)8;;;/h15H,9-14H2,1-8H3,(H,21,23)(H,22,24);15H,9-14H2,1-8H3,(H,20,23);11H,9-10,15H2,1-8H3,(H,16,17);11H,9-10H2,1-8H3;10,16H,4-9H2,1-3H3,(H,14,18);9H,2-8,11H2,1H3;1-4H2;1H3;;/q;;;;;;;;+1;-1/t2*15-;;11-,15?;10-;9-;;;;/m00.101..../s1. The maximum Gasteiger partial charge on any atom is 1.00 e. The molecule has 4 rings (SSSR count). The molecule has 0 bridgehead atoms. The van der Waals surface area contributed by atoms with Crippen LogP contribution < -0.4 is 73.8 Å². The first-order valence-corrected chi connectivity index (χ1v) is 60.9. The van der Waals surface area contributed by atoms with Crippen molar-refractivity contribution in [1.82, 2.24) is 52.3 Å². The number of amides is 9. The topological polar surface area (TPSA) is 434 Å². The van der Waals surface area contributed by atoms with Crippen molar-refractivity contribution in [2.24, 2.45) is 11.5 Å². The largest absolute Gasteiger partial charge is 1.00 e. The minimum absolute atomic E-state index is 0. The normalized spacial score (nSPS) is 16.5. The Bertz CT molecular complexity index is 3390. The number of unbranched alkanes of at least 4 members (excludes halogenated alkanes) is 2. The van der Waals surface area contributed by atoms with E-state index < -0.39 is 91.7 Å². The summed E-state index contributed by atoms with van der Waals surface area (Å²) in [6, 6.07) is -0.973. The number of piperidine rings is 3. The third kappa shape index (κ3) is 68.5. The van der Waals surface area contributed by atoms with E-state index in [1.54, 1.807) is 30.6 Å². The molecule has 788 valence electrons. The third-order valence-electron chi connectivity index (χ3n) is 22.9. The predicted octanol–water partition coefficient (Wildman–Crippen LogP) is 16.3. The zero-order chi connectivity index (χ0) is 103. The number of carbonyl (C=O) groups excluding carboxylic acids is 10. The molecule has 4 heterocycles. The summed E-state index contributed by atoms with van der Waals surface area (Å²) >= 11 is 16.0. The van der Waals surface area contributed by atoms with Crippen LogP contribution in [-0.4, -0.2) is 285 Å². The smallest absolute Gasteiger partial charge is 1.00 e. The van der Waals surface area contributed by atoms with E-state index >= 15 is 0 Å². The quantitative estimate of drug-likeness (QED) is 0.00702. The van der Waals surface area contributed by atoms with Gasteiger partial charge in [0, 0.05) is 109 Å². The summed E-state index contributed by atoms with van der Waals surface area (Å²) in [5, 5.41) is 23.4. The number of aliphatic hydroxyl groups excluding tert-OH is 1. The Morgan fingerprint density at radius 3 is 1.07 bits per heavy atom. The van der Waals surface area contributed by atoms with Gasteiger partial charge in [-0.2, -0.15) is 0 Å². The molecule has 32 nitrogen and oxygen atoms in total. The fourth-order valence-electron chi connectivity index (χ4n) is 11.0. The van der Waals surface area contributed by atoms with Gasteiger partial charge in [0.05, 0.1) is 63.2 Å². The van der Waals surface area contributed by atoms with Crippen LogP contribution in [0.4, 0.5) is 24.0 Å². The summed E-state index contributed by atoms with van der Waals surface area (Å²) in [6.45, 7) is 80.1. The minimum Gasteiger partial charge on any atom is -1.00 e. The molecular weight excluding hydrogens is 1860 g/mol. The van der Waals surface area contributed by atoms with Gasteiger partial charge in [0.2, 0.25) is 28.9 Å². The van der Waals surface area contributed by atoms with Gasteiger partial charge < -0.3 is 107 Å². The van der Waals surface area contributed by atoms with E-state index in [1.807, 2.05) is 92.9 Å². The molecule has 0 aromatic heterocycles. The van der Waals surface area contributed by atoms with E-state index in [-0.39, 0.29) is 129 Å². The Labute approximate surface area is 854 Å². The molecule has 6 atom stereocenters. The molecule has 4 saturated heterocycles. The molecule has 13 N–H and O–H groups in total. The zero-order valence-electron chi connectivity index (χ0n) is 91.8. The van der Waals surface area contributed by atoms with E-state index in [2.05, 4.69) is 169 Å². The first kappa shape index (κ1) is 139. The Kier molecular flexibility index (Phi) is 67.1. The predicted molar refractivity (Wildman–Crippen MR) is 551 cm³/mol. The second-order valence-corrected chi connectivity index (χ2v) is 66.2. The maximum absolute atomic E-state index is 12.2. The summed E-state index contributed by atoms with van der Waals surface area (Å²) in [6.07, 6.45) is 11.9. The average Bonchev–Trinajstić information content (AvgIpc) is 1.52. The first-order valence-electron chi connectivity index (χ1n) is 47.8. The SMILES string of the molecule is CC(C)(C)OC(=O)N1C[C@@H]1CO[Si](C)(C)C(C)(C)C.CC(C)(C)OC(=O)NC(CN)CO[Si](C)(C)C(C)(C)C.CC(C)(C)OC(=O)N[C@@H](CNC(=O)CCCCCl)CO[Si](C)(C)C(C)(C)C.CC(C)(C)OC(=O)N[C@H](CO)CN1CCCCC1=O.CC(C)(C)OC(=O)N[C@H](CO[Si](C)(C)C(C)(C)C)CN1CCCCC1=O.CCC[C@@H](N)CN1CCCCC1=O.N.O=C(Cl)CCCCCl.[H-].[Na+]. The van der Waals surface area contributed by atoms with E-state index in [9.17, 15) is 53.1 Å². The fourth-order valence-corrected chi connectivity index (χ4v) is 15.7. The average molecular weight is 2050 g/mol. The number of alkyl carbamates (subject to hydrolysis) is 4. The molecule has 4 fully saturated rings. The monoisotopic (exact) mass is 2050 g/mol. The van der Waals surface area contributed by atoms with Crippen molar-refractivity contribution in [3.05, 3.63) is 0 Å². The van der Waals surface area contributed by atoms with Crippen LogP contribution in [0.5, 0.6) is 0 Å². The maximum atomic E-state index is 12.2. The molecule has 40 heteroatoms. The third-order valence-corrected chi connectivity index (χ3v) is 41.6. The molecule has 0 aromatic rings. The van der Waals surface area contributed by atoms with Crippen LogP contribution in [0, 0.1) is 0 Å². The van der Waals surface area contributed by atoms with Crippen LogP contribution in [0.1, 0.15) is 304 Å². The van der Waals surface area contributed by atoms with Gasteiger partial charge in [0.15, 0.2) is 33.3 Å². The van der Waals surface area contributed by atoms with Gasteiger partial charge in [-0.25, -0.2) is 24.0 Å². The Morgan fingerprint density at radius 2 is 0.761 bits per heavy atom. The number of rotatable bonds is 36. The van der Waals surface area contributed by atoms with Crippen molar-refractivity contribution in [3.63, 3.8) is 0 Å². The van der Waals surface area contributed by atoms with Crippen LogP contribution >= 0.6 is 34.8 Å². The first-order chi connectivity index (χ1) is 59.8. The molecule has 9 amide bonds. The van der Waals surface area contributed by atoms with Crippen LogP contribution in [0.3, 0.4) is 0 Å². The Balaban J connectivity index is -0.000000366. The van der Waals surface area contributed by atoms with Gasteiger partial charge in [-0.1, -0.05) is 96.4 Å². The number of likely N-dealkylation sites (tertiary alicyclic amines) is 3. The second kappa shape index (κ2) is 64.8. The van der Waals surface area contributed by atoms with E-state index in [0.29, 0.717) is 96.6 Å². The van der Waals surface area contributed by atoms with Crippen molar-refractivity contribution in [3.8, 4) is 0 Å². The van der Waals surface area contributed by atoms with Gasteiger partial charge in [-0.15, -0.1) is 23.2 Å². The molecule has 1 unspecified atom stereocenters. The van der Waals surface area contributed by atoms with Gasteiger partial charge >= 0.3 is 60.0 Å². The van der Waals surface area contributed by atoms with Gasteiger partial charge in [0.1, 0.15) is 28.0 Å². The Morgan fingerprint density at radius 1 is 0.455 bits per heavy atom. The number of hydrogen-bond donors (Lipinski definition) is 9. The zero-order valence-corrected chi connectivity index (χ0v) is 99.1. The Hall–Kier alpha value is -3.68. The summed E-state index contributed by atoms with van der Waals surface area (Å²) in [4.78, 5) is 124.